The van der Waals surface area contributed by atoms with Gasteiger partial charge in [-0.25, -0.2) is 0 Å². The summed E-state index contributed by atoms with van der Waals surface area (Å²) in [6, 6.07) is 7.65. The van der Waals surface area contributed by atoms with Crippen LogP contribution < -0.4 is 5.32 Å². The topological polar surface area (TPSA) is 63.6 Å². The van der Waals surface area contributed by atoms with E-state index >= 15 is 0 Å². The fraction of sp³-hybridized carbons (Fsp3) is 0.444. The molecule has 6 heteroatoms. The van der Waals surface area contributed by atoms with Crippen molar-refractivity contribution in [1.29, 1.82) is 0 Å². The number of ether oxygens (including phenoxy) is 1. The number of aromatic nitrogens is 1. The molecular weight excluding hydrogens is 306 g/mol. The number of carbonyl (C=O) groups is 2. The molecule has 0 radical (unpaired) electrons. The second-order valence-electron chi connectivity index (χ2n) is 6.08. The third kappa shape index (κ3) is 3.20. The second kappa shape index (κ2) is 7.15. The number of aryl methyl sites for hydroxylation is 1. The highest BCUT2D eigenvalue weighted by Gasteiger charge is 2.24. The Bertz CT molecular complexity index is 760. The molecule has 0 unspecified atom stereocenters. The number of nitrogens with zero attached hydrogens (tertiary/aromatic N) is 2. The Labute approximate surface area is 141 Å². The monoisotopic (exact) mass is 329 g/mol. The van der Waals surface area contributed by atoms with E-state index in [1.165, 1.54) is 0 Å². The van der Waals surface area contributed by atoms with Gasteiger partial charge in [0.25, 0.3) is 11.7 Å². The minimum atomic E-state index is -0.539. The number of carbonyl (C=O) groups excluding carboxylic acids is 2. The molecule has 0 saturated carbocycles. The van der Waals surface area contributed by atoms with E-state index in [1.807, 2.05) is 42.8 Å². The fourth-order valence-electron chi connectivity index (χ4n) is 3.15. The summed E-state index contributed by atoms with van der Waals surface area (Å²) in [6.07, 6.45) is 0. The summed E-state index contributed by atoms with van der Waals surface area (Å²) in [6.45, 7) is 6.25. The molecule has 6 nitrogen and oxygen atoms in total. The molecule has 1 saturated heterocycles. The standard InChI is InChI=1S/C18H23N3O3/c1-13-16(14-5-3-4-6-15(14)20(13)2)17(22)18(23)19-7-8-21-9-11-24-12-10-21/h3-6H,7-12H2,1-2H3,(H,19,23). The maximum absolute atomic E-state index is 12.6. The highest BCUT2D eigenvalue weighted by Crippen LogP contribution is 2.25. The van der Waals surface area contributed by atoms with E-state index in [0.717, 1.165) is 49.4 Å². The fourth-order valence-corrected chi connectivity index (χ4v) is 3.15. The highest BCUT2D eigenvalue weighted by molar-refractivity contribution is 6.45. The quantitative estimate of drug-likeness (QED) is 0.659. The summed E-state index contributed by atoms with van der Waals surface area (Å²) in [5.41, 5.74) is 2.26. The number of Topliss-reactive ketones (excluding diaryl/α,β-unsaturated/α-hetero) is 1. The Morgan fingerprint density at radius 2 is 1.92 bits per heavy atom. The largest absolute Gasteiger partial charge is 0.379 e. The maximum Gasteiger partial charge on any atom is 0.292 e. The summed E-state index contributed by atoms with van der Waals surface area (Å²) in [5.74, 6) is -1.01. The summed E-state index contributed by atoms with van der Waals surface area (Å²) in [7, 11) is 1.91. The normalized spacial score (nSPS) is 15.6. The van der Waals surface area contributed by atoms with Gasteiger partial charge in [0, 0.05) is 49.8 Å². The Morgan fingerprint density at radius 1 is 1.21 bits per heavy atom. The summed E-state index contributed by atoms with van der Waals surface area (Å²) < 4.78 is 7.24. The zero-order valence-electron chi connectivity index (χ0n) is 14.2. The van der Waals surface area contributed by atoms with E-state index in [1.54, 1.807) is 0 Å². The summed E-state index contributed by atoms with van der Waals surface area (Å²) in [4.78, 5) is 27.1. The van der Waals surface area contributed by atoms with E-state index in [0.29, 0.717) is 12.1 Å². The third-order valence-corrected chi connectivity index (χ3v) is 4.65. The van der Waals surface area contributed by atoms with Crippen LogP contribution in [0.15, 0.2) is 24.3 Å². The molecule has 1 aromatic carbocycles. The van der Waals surface area contributed by atoms with Crippen molar-refractivity contribution in [2.24, 2.45) is 7.05 Å². The van der Waals surface area contributed by atoms with Gasteiger partial charge in [-0.05, 0) is 13.0 Å². The minimum absolute atomic E-state index is 0.466. The van der Waals surface area contributed by atoms with Crippen LogP contribution in [-0.4, -0.2) is 60.6 Å². The molecule has 1 N–H and O–H groups in total. The number of benzene rings is 1. The van der Waals surface area contributed by atoms with Crippen LogP contribution >= 0.6 is 0 Å². The van der Waals surface area contributed by atoms with Crippen molar-refractivity contribution < 1.29 is 14.3 Å². The van der Waals surface area contributed by atoms with Crippen molar-refractivity contribution in [3.8, 4) is 0 Å². The Hall–Kier alpha value is -2.18. The van der Waals surface area contributed by atoms with Crippen LogP contribution in [0.1, 0.15) is 16.1 Å². The molecular formula is C18H23N3O3. The summed E-state index contributed by atoms with van der Waals surface area (Å²) in [5, 5.41) is 3.57. The van der Waals surface area contributed by atoms with Crippen LogP contribution in [0.25, 0.3) is 10.9 Å². The van der Waals surface area contributed by atoms with E-state index in [4.69, 9.17) is 4.74 Å². The average molecular weight is 329 g/mol. The zero-order chi connectivity index (χ0) is 17.1. The maximum atomic E-state index is 12.6. The first-order chi connectivity index (χ1) is 11.6. The van der Waals surface area contributed by atoms with Crippen LogP contribution in [0.5, 0.6) is 0 Å². The van der Waals surface area contributed by atoms with Crippen LogP contribution in [-0.2, 0) is 16.6 Å². The van der Waals surface area contributed by atoms with Crippen LogP contribution in [0.4, 0.5) is 0 Å². The van der Waals surface area contributed by atoms with Gasteiger partial charge >= 0.3 is 0 Å². The van der Waals surface area contributed by atoms with E-state index < -0.39 is 11.7 Å². The lowest BCUT2D eigenvalue weighted by Crippen LogP contribution is -2.42. The lowest BCUT2D eigenvalue weighted by atomic mass is 10.1. The predicted molar refractivity (Wildman–Crippen MR) is 92.3 cm³/mol. The Morgan fingerprint density at radius 3 is 2.67 bits per heavy atom. The number of ketones is 1. The lowest BCUT2D eigenvalue weighted by molar-refractivity contribution is -0.117. The van der Waals surface area contributed by atoms with Crippen molar-refractivity contribution in [2.75, 3.05) is 39.4 Å². The molecule has 2 aromatic rings. The van der Waals surface area contributed by atoms with Gasteiger partial charge in [-0.2, -0.15) is 0 Å². The highest BCUT2D eigenvalue weighted by atomic mass is 16.5. The predicted octanol–water partition coefficient (Wildman–Crippen LogP) is 1.12. The number of hydrogen-bond acceptors (Lipinski definition) is 4. The van der Waals surface area contributed by atoms with Crippen LogP contribution in [0.2, 0.25) is 0 Å². The first kappa shape index (κ1) is 16.7. The van der Waals surface area contributed by atoms with Crippen molar-refractivity contribution in [3.05, 3.63) is 35.5 Å². The first-order valence-electron chi connectivity index (χ1n) is 8.26. The number of amides is 1. The number of morpholine rings is 1. The van der Waals surface area contributed by atoms with Crippen LogP contribution in [0, 0.1) is 6.92 Å². The zero-order valence-corrected chi connectivity index (χ0v) is 14.2. The molecule has 0 bridgehead atoms. The molecule has 3 rings (SSSR count). The van der Waals surface area contributed by atoms with Gasteiger partial charge in [-0.1, -0.05) is 18.2 Å². The molecule has 1 aliphatic heterocycles. The number of nitrogens with one attached hydrogen (secondary N) is 1. The van der Waals surface area contributed by atoms with Crippen molar-refractivity contribution in [1.82, 2.24) is 14.8 Å². The third-order valence-electron chi connectivity index (χ3n) is 4.65. The molecule has 0 aliphatic carbocycles. The van der Waals surface area contributed by atoms with Gasteiger partial charge in [0.1, 0.15) is 0 Å². The van der Waals surface area contributed by atoms with Gasteiger partial charge in [0.15, 0.2) is 0 Å². The van der Waals surface area contributed by atoms with Crippen molar-refractivity contribution in [2.45, 2.75) is 6.92 Å². The molecule has 1 amide bonds. The van der Waals surface area contributed by atoms with Crippen molar-refractivity contribution >= 4 is 22.6 Å². The second-order valence-corrected chi connectivity index (χ2v) is 6.08. The minimum Gasteiger partial charge on any atom is -0.379 e. The molecule has 0 atom stereocenters. The molecule has 1 aliphatic rings. The SMILES string of the molecule is Cc1c(C(=O)C(=O)NCCN2CCOCC2)c2ccccc2n1C. The molecule has 1 aromatic heterocycles. The number of fused-ring (bicyclic) bond motifs is 1. The van der Waals surface area contributed by atoms with Gasteiger partial charge in [0.2, 0.25) is 0 Å². The summed E-state index contributed by atoms with van der Waals surface area (Å²) >= 11 is 0. The van der Waals surface area contributed by atoms with Gasteiger partial charge in [-0.3, -0.25) is 14.5 Å². The Balaban J connectivity index is 1.67. The van der Waals surface area contributed by atoms with E-state index in [2.05, 4.69) is 10.2 Å². The number of hydrogen-bond donors (Lipinski definition) is 1. The Kier molecular flexibility index (Phi) is 4.97. The lowest BCUT2D eigenvalue weighted by Gasteiger charge is -2.26. The van der Waals surface area contributed by atoms with Crippen molar-refractivity contribution in [3.63, 3.8) is 0 Å². The van der Waals surface area contributed by atoms with E-state index in [9.17, 15) is 9.59 Å². The molecule has 0 spiro atoms. The smallest absolute Gasteiger partial charge is 0.292 e. The first-order valence-corrected chi connectivity index (χ1v) is 8.26. The molecule has 1 fully saturated rings. The average Bonchev–Trinajstić information content (AvgIpc) is 2.86. The molecule has 2 heterocycles. The van der Waals surface area contributed by atoms with Crippen LogP contribution in [0.3, 0.4) is 0 Å². The van der Waals surface area contributed by atoms with Gasteiger partial charge < -0.3 is 14.6 Å². The van der Waals surface area contributed by atoms with E-state index in [-0.39, 0.29) is 0 Å². The molecule has 24 heavy (non-hydrogen) atoms. The van der Waals surface area contributed by atoms with Gasteiger partial charge in [0.05, 0.1) is 18.8 Å². The molecule has 128 valence electrons. The number of para-hydroxylation sites is 1. The van der Waals surface area contributed by atoms with Gasteiger partial charge in [-0.15, -0.1) is 0 Å². The number of rotatable bonds is 5.